The summed E-state index contributed by atoms with van der Waals surface area (Å²) in [6, 6.07) is 17.6. The van der Waals surface area contributed by atoms with Crippen LogP contribution in [0.5, 0.6) is 5.75 Å². The highest BCUT2D eigenvalue weighted by atomic mass is 127. The lowest BCUT2D eigenvalue weighted by Gasteiger charge is -2.16. The van der Waals surface area contributed by atoms with E-state index in [9.17, 15) is 26.4 Å². The normalized spacial score (nSPS) is 12.9. The average molecular weight is 620 g/mol. The second-order valence-corrected chi connectivity index (χ2v) is 10.7. The Labute approximate surface area is 215 Å². The van der Waals surface area contributed by atoms with Crippen molar-refractivity contribution in [3.8, 4) is 5.75 Å². The van der Waals surface area contributed by atoms with Crippen molar-refractivity contribution in [2.75, 3.05) is 7.11 Å². The van der Waals surface area contributed by atoms with Gasteiger partial charge in [-0.25, -0.2) is 0 Å². The predicted molar refractivity (Wildman–Crippen MR) is 135 cm³/mol. The molecule has 3 aromatic carbocycles. The van der Waals surface area contributed by atoms with E-state index in [1.54, 1.807) is 0 Å². The number of hydrogen-bond acceptors (Lipinski definition) is 5. The minimum Gasteiger partial charge on any atom is -0.469 e. The Bertz CT molecular complexity index is 1270. The second kappa shape index (κ2) is 11.6. The van der Waals surface area contributed by atoms with Crippen molar-refractivity contribution in [2.45, 2.75) is 37.6 Å². The molecule has 0 saturated heterocycles. The van der Waals surface area contributed by atoms with E-state index < -0.39 is 21.4 Å². The molecule has 0 amide bonds. The predicted octanol–water partition coefficient (Wildman–Crippen LogP) is 6.42. The third kappa shape index (κ3) is 7.09. The fraction of sp³-hybridized carbons (Fsp3) is 0.320. The van der Waals surface area contributed by atoms with Crippen LogP contribution in [0, 0.1) is 9.49 Å². The third-order valence-electron chi connectivity index (χ3n) is 5.69. The van der Waals surface area contributed by atoms with Gasteiger partial charge >= 0.3 is 21.6 Å². The van der Waals surface area contributed by atoms with E-state index in [-0.39, 0.29) is 11.9 Å². The highest BCUT2D eigenvalue weighted by Gasteiger charge is 2.48. The van der Waals surface area contributed by atoms with Crippen molar-refractivity contribution in [3.63, 3.8) is 0 Å². The van der Waals surface area contributed by atoms with Crippen LogP contribution in [0.4, 0.5) is 13.2 Å². The molecule has 0 aliphatic rings. The van der Waals surface area contributed by atoms with Gasteiger partial charge in [0.2, 0.25) is 0 Å². The zero-order chi connectivity index (χ0) is 25.6. The molecule has 0 bridgehead atoms. The smallest absolute Gasteiger partial charge is 0.469 e. The zero-order valence-corrected chi connectivity index (χ0v) is 21.8. The molecule has 1 atom stereocenters. The van der Waals surface area contributed by atoms with Crippen molar-refractivity contribution in [3.05, 3.63) is 75.4 Å². The van der Waals surface area contributed by atoms with E-state index in [1.165, 1.54) is 39.1 Å². The summed E-state index contributed by atoms with van der Waals surface area (Å²) < 4.78 is 69.9. The van der Waals surface area contributed by atoms with Crippen LogP contribution in [0.1, 0.15) is 30.4 Å². The van der Waals surface area contributed by atoms with Gasteiger partial charge in [0.1, 0.15) is 5.75 Å². The van der Waals surface area contributed by atoms with Gasteiger partial charge in [0.15, 0.2) is 0 Å². The van der Waals surface area contributed by atoms with Gasteiger partial charge in [-0.15, -0.1) is 0 Å². The third-order valence-corrected chi connectivity index (χ3v) is 7.68. The van der Waals surface area contributed by atoms with E-state index in [0.717, 1.165) is 30.5 Å². The van der Waals surface area contributed by atoms with Crippen LogP contribution >= 0.6 is 22.6 Å². The molecule has 0 heterocycles. The fourth-order valence-electron chi connectivity index (χ4n) is 3.86. The minimum atomic E-state index is -5.72. The summed E-state index contributed by atoms with van der Waals surface area (Å²) in [7, 11) is -4.37. The summed E-state index contributed by atoms with van der Waals surface area (Å²) in [5.74, 6) is -1.08. The molecule has 0 aromatic heterocycles. The summed E-state index contributed by atoms with van der Waals surface area (Å²) in [6.07, 6.45) is 3.17. The highest BCUT2D eigenvalue weighted by Crippen LogP contribution is 2.29. The van der Waals surface area contributed by atoms with Crippen LogP contribution in [0.25, 0.3) is 10.8 Å². The minimum absolute atomic E-state index is 0.311. The van der Waals surface area contributed by atoms with Crippen molar-refractivity contribution in [1.82, 2.24) is 0 Å². The maximum absolute atomic E-state index is 12.5. The lowest BCUT2D eigenvalue weighted by Crippen LogP contribution is -2.28. The van der Waals surface area contributed by atoms with Gasteiger partial charge in [-0.2, -0.15) is 21.6 Å². The van der Waals surface area contributed by atoms with E-state index in [1.807, 2.05) is 12.1 Å². The number of esters is 1. The molecule has 0 radical (unpaired) electrons. The van der Waals surface area contributed by atoms with Gasteiger partial charge in [-0.3, -0.25) is 4.79 Å². The first kappa shape index (κ1) is 27.3. The average Bonchev–Trinajstić information content (AvgIpc) is 2.82. The Kier molecular flexibility index (Phi) is 9.03. The molecule has 0 saturated carbocycles. The van der Waals surface area contributed by atoms with Crippen molar-refractivity contribution in [2.24, 2.45) is 5.92 Å². The lowest BCUT2D eigenvalue weighted by molar-refractivity contribution is -0.145. The number of carbonyl (C=O) groups excluding carboxylic acids is 1. The van der Waals surface area contributed by atoms with Crippen molar-refractivity contribution >= 4 is 49.5 Å². The quantitative estimate of drug-likeness (QED) is 0.113. The Hall–Kier alpha value is -2.34. The summed E-state index contributed by atoms with van der Waals surface area (Å²) in [5.41, 5.74) is -3.51. The largest absolute Gasteiger partial charge is 0.534 e. The number of carbonyl (C=O) groups is 1. The molecule has 0 fully saturated rings. The Morgan fingerprint density at radius 1 is 0.971 bits per heavy atom. The Morgan fingerprint density at radius 3 is 2.31 bits per heavy atom. The van der Waals surface area contributed by atoms with Gasteiger partial charge in [0.05, 0.1) is 13.0 Å². The highest BCUT2D eigenvalue weighted by molar-refractivity contribution is 14.1. The number of alkyl halides is 3. The molecule has 0 N–H and O–H groups in total. The maximum atomic E-state index is 12.5. The first-order chi connectivity index (χ1) is 16.5. The van der Waals surface area contributed by atoms with Gasteiger partial charge in [-0.05, 0) is 94.8 Å². The molecule has 0 spiro atoms. The van der Waals surface area contributed by atoms with E-state index in [4.69, 9.17) is 4.74 Å². The number of fused-ring (bicyclic) bond motifs is 1. The first-order valence-electron chi connectivity index (χ1n) is 10.9. The standard InChI is InChI=1S/C25H24F3IO5S/c1-33-24(30)19(6-4-8-22-21-7-3-2-5-18(21)13-16-23(22)29)12-9-17-10-14-20(15-11-17)34-35(31,32)25(26,27)28/h2-3,5,7,10-11,13-16,19H,4,6,8-9,12H2,1H3. The molecule has 0 aliphatic heterocycles. The Morgan fingerprint density at radius 2 is 1.66 bits per heavy atom. The molecule has 1 unspecified atom stereocenters. The summed E-state index contributed by atoms with van der Waals surface area (Å²) in [5, 5.41) is 2.37. The molecule has 35 heavy (non-hydrogen) atoms. The first-order valence-corrected chi connectivity index (χ1v) is 13.3. The van der Waals surface area contributed by atoms with Crippen LogP contribution in [0.2, 0.25) is 0 Å². The van der Waals surface area contributed by atoms with Crippen LogP contribution in [0.3, 0.4) is 0 Å². The molecular formula is C25H24F3IO5S. The number of methoxy groups -OCH3 is 1. The summed E-state index contributed by atoms with van der Waals surface area (Å²) in [6.45, 7) is 0. The molecule has 188 valence electrons. The molecule has 5 nitrogen and oxygen atoms in total. The molecule has 10 heteroatoms. The number of rotatable bonds is 10. The fourth-order valence-corrected chi connectivity index (χ4v) is 5.06. The number of hydrogen-bond donors (Lipinski definition) is 0. The lowest BCUT2D eigenvalue weighted by atomic mass is 9.92. The van der Waals surface area contributed by atoms with Gasteiger partial charge in [-0.1, -0.05) is 42.5 Å². The van der Waals surface area contributed by atoms with Crippen molar-refractivity contribution in [1.29, 1.82) is 0 Å². The maximum Gasteiger partial charge on any atom is 0.534 e. The second-order valence-electron chi connectivity index (χ2n) is 8.03. The molecule has 3 aromatic rings. The van der Waals surface area contributed by atoms with Gasteiger partial charge < -0.3 is 8.92 Å². The molecule has 0 aliphatic carbocycles. The van der Waals surface area contributed by atoms with Gasteiger partial charge in [0, 0.05) is 3.57 Å². The topological polar surface area (TPSA) is 69.7 Å². The van der Waals surface area contributed by atoms with Crippen LogP contribution in [0.15, 0.2) is 60.7 Å². The summed E-state index contributed by atoms with van der Waals surface area (Å²) >= 11 is 2.32. The van der Waals surface area contributed by atoms with Gasteiger partial charge in [0.25, 0.3) is 0 Å². The van der Waals surface area contributed by atoms with Crippen LogP contribution in [-0.4, -0.2) is 27.0 Å². The number of aryl methyl sites for hydroxylation is 2. The van der Waals surface area contributed by atoms with E-state index >= 15 is 0 Å². The summed E-state index contributed by atoms with van der Waals surface area (Å²) in [4.78, 5) is 12.3. The van der Waals surface area contributed by atoms with E-state index in [0.29, 0.717) is 19.3 Å². The zero-order valence-electron chi connectivity index (χ0n) is 18.8. The number of halogens is 4. The van der Waals surface area contributed by atoms with Crippen molar-refractivity contribution < 1.29 is 35.3 Å². The molecular weight excluding hydrogens is 596 g/mol. The SMILES string of the molecule is COC(=O)C(CCCc1c(I)ccc2ccccc12)CCc1ccc(OS(=O)(=O)C(F)(F)F)cc1. The Balaban J connectivity index is 1.60. The van der Waals surface area contributed by atoms with Crippen LogP contribution < -0.4 is 4.18 Å². The molecule has 3 rings (SSSR count). The van der Waals surface area contributed by atoms with Crippen LogP contribution in [-0.2, 0) is 32.5 Å². The number of ether oxygens (including phenoxy) is 1. The monoisotopic (exact) mass is 620 g/mol. The van der Waals surface area contributed by atoms with E-state index in [2.05, 4.69) is 51.0 Å². The number of benzene rings is 3.